The van der Waals surface area contributed by atoms with Crippen molar-refractivity contribution in [3.63, 3.8) is 0 Å². The van der Waals surface area contributed by atoms with Gasteiger partial charge in [-0.05, 0) is 36.8 Å². The smallest absolute Gasteiger partial charge is 0.339 e. The first-order valence-corrected chi connectivity index (χ1v) is 8.96. The number of amides is 2. The van der Waals surface area contributed by atoms with Gasteiger partial charge in [0.15, 0.2) is 6.61 Å². The number of primary amides is 1. The van der Waals surface area contributed by atoms with E-state index in [9.17, 15) is 14.4 Å². The van der Waals surface area contributed by atoms with Crippen molar-refractivity contribution in [2.45, 2.75) is 11.8 Å². The van der Waals surface area contributed by atoms with Gasteiger partial charge in [0.05, 0.1) is 11.3 Å². The predicted octanol–water partition coefficient (Wildman–Crippen LogP) is 3.02. The molecule has 2 rings (SSSR count). The van der Waals surface area contributed by atoms with Gasteiger partial charge in [0, 0.05) is 15.6 Å². The number of carbonyl (C=O) groups excluding carboxylic acids is 3. The molecule has 2 aromatic carbocycles. The van der Waals surface area contributed by atoms with Crippen molar-refractivity contribution in [3.05, 3.63) is 58.6 Å². The van der Waals surface area contributed by atoms with Gasteiger partial charge in [0.1, 0.15) is 0 Å². The molecule has 8 heteroatoms. The van der Waals surface area contributed by atoms with Crippen LogP contribution < -0.4 is 11.1 Å². The highest BCUT2D eigenvalue weighted by molar-refractivity contribution is 8.00. The summed E-state index contributed by atoms with van der Waals surface area (Å²) in [5, 5.41) is 3.13. The largest absolute Gasteiger partial charge is 0.452 e. The Morgan fingerprint density at radius 3 is 2.62 bits per heavy atom. The van der Waals surface area contributed by atoms with Gasteiger partial charge in [-0.2, -0.15) is 0 Å². The summed E-state index contributed by atoms with van der Waals surface area (Å²) < 4.78 is 5.05. The molecular weight excluding hydrogens is 376 g/mol. The minimum atomic E-state index is -0.658. The topological polar surface area (TPSA) is 98.5 Å². The highest BCUT2D eigenvalue weighted by atomic mass is 35.5. The zero-order valence-electron chi connectivity index (χ0n) is 14.0. The van der Waals surface area contributed by atoms with Gasteiger partial charge in [-0.3, -0.25) is 9.59 Å². The van der Waals surface area contributed by atoms with E-state index in [0.717, 1.165) is 17.3 Å². The Balaban J connectivity index is 1.94. The first-order valence-electron chi connectivity index (χ1n) is 7.60. The summed E-state index contributed by atoms with van der Waals surface area (Å²) in [6.07, 6.45) is 0. The van der Waals surface area contributed by atoms with Gasteiger partial charge in [0.25, 0.3) is 5.91 Å². The zero-order chi connectivity index (χ0) is 19.1. The summed E-state index contributed by atoms with van der Waals surface area (Å²) >= 11 is 7.14. The zero-order valence-corrected chi connectivity index (χ0v) is 15.5. The van der Waals surface area contributed by atoms with E-state index in [1.807, 2.05) is 6.92 Å². The minimum absolute atomic E-state index is 0.0406. The summed E-state index contributed by atoms with van der Waals surface area (Å²) in [7, 11) is 0. The number of halogens is 1. The molecule has 0 aliphatic heterocycles. The Labute approximate surface area is 160 Å². The molecule has 0 fully saturated rings. The molecular formula is C18H17ClN2O4S. The Hall–Kier alpha value is -2.51. The maximum atomic E-state index is 12.2. The molecule has 0 unspecified atom stereocenters. The van der Waals surface area contributed by atoms with Crippen molar-refractivity contribution in [3.8, 4) is 0 Å². The van der Waals surface area contributed by atoms with Crippen LogP contribution in [-0.4, -0.2) is 30.1 Å². The number of nitrogens with two attached hydrogens (primary N) is 1. The molecule has 0 spiro atoms. The SMILES string of the molecule is Cc1ccc(NC(=O)COC(=O)c2ccccc2SCC(N)=O)cc1Cl. The lowest BCUT2D eigenvalue weighted by atomic mass is 10.2. The highest BCUT2D eigenvalue weighted by Gasteiger charge is 2.15. The summed E-state index contributed by atoms with van der Waals surface area (Å²) in [5.41, 5.74) is 6.79. The van der Waals surface area contributed by atoms with Crippen LogP contribution in [0.5, 0.6) is 0 Å². The van der Waals surface area contributed by atoms with Crippen molar-refractivity contribution in [2.75, 3.05) is 17.7 Å². The molecule has 0 saturated carbocycles. The maximum absolute atomic E-state index is 12.2. The molecule has 0 heterocycles. The Kier molecular flexibility index (Phi) is 7.06. The van der Waals surface area contributed by atoms with Crippen LogP contribution in [0.25, 0.3) is 0 Å². The summed E-state index contributed by atoms with van der Waals surface area (Å²) in [6, 6.07) is 11.7. The quantitative estimate of drug-likeness (QED) is 0.557. The molecule has 0 aliphatic rings. The molecule has 0 aromatic heterocycles. The van der Waals surface area contributed by atoms with Crippen molar-refractivity contribution >= 4 is 46.8 Å². The van der Waals surface area contributed by atoms with E-state index in [0.29, 0.717) is 15.6 Å². The van der Waals surface area contributed by atoms with Crippen molar-refractivity contribution in [1.29, 1.82) is 0 Å². The Morgan fingerprint density at radius 1 is 1.19 bits per heavy atom. The van der Waals surface area contributed by atoms with Crippen LogP contribution in [0.3, 0.4) is 0 Å². The number of aryl methyl sites for hydroxylation is 1. The van der Waals surface area contributed by atoms with Crippen LogP contribution in [-0.2, 0) is 14.3 Å². The normalized spacial score (nSPS) is 10.2. The standard InChI is InChI=1S/C18H17ClN2O4S/c1-11-6-7-12(8-14(11)19)21-17(23)9-25-18(24)13-4-2-3-5-15(13)26-10-16(20)22/h2-8H,9-10H2,1H3,(H2,20,22)(H,21,23). The van der Waals surface area contributed by atoms with Crippen LogP contribution in [0.1, 0.15) is 15.9 Å². The Bertz CT molecular complexity index is 842. The molecule has 136 valence electrons. The summed E-state index contributed by atoms with van der Waals surface area (Å²) in [6.45, 7) is 1.41. The first kappa shape index (κ1) is 19.8. The average molecular weight is 393 g/mol. The van der Waals surface area contributed by atoms with E-state index in [-0.39, 0.29) is 11.3 Å². The third-order valence-corrected chi connectivity index (χ3v) is 4.77. The van der Waals surface area contributed by atoms with Crippen LogP contribution in [0.15, 0.2) is 47.4 Å². The lowest BCUT2D eigenvalue weighted by molar-refractivity contribution is -0.119. The fourth-order valence-corrected chi connectivity index (χ4v) is 2.95. The van der Waals surface area contributed by atoms with Crippen molar-refractivity contribution < 1.29 is 19.1 Å². The molecule has 3 N–H and O–H groups in total. The molecule has 6 nitrogen and oxygen atoms in total. The van der Waals surface area contributed by atoms with Gasteiger partial charge < -0.3 is 15.8 Å². The number of anilines is 1. The third-order valence-electron chi connectivity index (χ3n) is 3.27. The van der Waals surface area contributed by atoms with Crippen LogP contribution in [0.2, 0.25) is 5.02 Å². The van der Waals surface area contributed by atoms with Crippen LogP contribution >= 0.6 is 23.4 Å². The van der Waals surface area contributed by atoms with E-state index in [1.165, 1.54) is 0 Å². The highest BCUT2D eigenvalue weighted by Crippen LogP contribution is 2.23. The maximum Gasteiger partial charge on any atom is 0.339 e. The van der Waals surface area contributed by atoms with Gasteiger partial charge >= 0.3 is 5.97 Å². The fraction of sp³-hybridized carbons (Fsp3) is 0.167. The molecule has 0 radical (unpaired) electrons. The van der Waals surface area contributed by atoms with E-state index in [2.05, 4.69) is 5.32 Å². The summed E-state index contributed by atoms with van der Waals surface area (Å²) in [4.78, 5) is 35.6. The molecule has 0 atom stereocenters. The lowest BCUT2D eigenvalue weighted by Gasteiger charge is -2.10. The average Bonchev–Trinajstić information content (AvgIpc) is 2.61. The third kappa shape index (κ3) is 5.79. The molecule has 0 aliphatic carbocycles. The van der Waals surface area contributed by atoms with Crippen LogP contribution in [0.4, 0.5) is 5.69 Å². The van der Waals surface area contributed by atoms with E-state index < -0.39 is 24.4 Å². The molecule has 0 bridgehead atoms. The van der Waals surface area contributed by atoms with Gasteiger partial charge in [-0.15, -0.1) is 11.8 Å². The second kappa shape index (κ2) is 9.26. The number of carbonyl (C=O) groups is 3. The van der Waals surface area contributed by atoms with Crippen LogP contribution in [0, 0.1) is 6.92 Å². The lowest BCUT2D eigenvalue weighted by Crippen LogP contribution is -2.21. The van der Waals surface area contributed by atoms with Crippen molar-refractivity contribution in [2.24, 2.45) is 5.73 Å². The number of benzene rings is 2. The van der Waals surface area contributed by atoms with E-state index >= 15 is 0 Å². The van der Waals surface area contributed by atoms with Gasteiger partial charge in [-0.25, -0.2) is 4.79 Å². The fourth-order valence-electron chi connectivity index (χ4n) is 1.99. The predicted molar refractivity (Wildman–Crippen MR) is 101 cm³/mol. The number of hydrogen-bond donors (Lipinski definition) is 2. The number of nitrogens with one attached hydrogen (secondary N) is 1. The molecule has 26 heavy (non-hydrogen) atoms. The second-order valence-corrected chi connectivity index (χ2v) is 6.76. The van der Waals surface area contributed by atoms with Gasteiger partial charge in [-0.1, -0.05) is 29.8 Å². The Morgan fingerprint density at radius 2 is 1.92 bits per heavy atom. The molecule has 2 aromatic rings. The number of hydrogen-bond acceptors (Lipinski definition) is 5. The number of esters is 1. The minimum Gasteiger partial charge on any atom is -0.452 e. The molecule has 0 saturated heterocycles. The van der Waals surface area contributed by atoms with Crippen molar-refractivity contribution in [1.82, 2.24) is 0 Å². The van der Waals surface area contributed by atoms with Gasteiger partial charge in [0.2, 0.25) is 5.91 Å². The number of ether oxygens (including phenoxy) is 1. The van der Waals surface area contributed by atoms with E-state index in [1.54, 1.807) is 42.5 Å². The summed E-state index contributed by atoms with van der Waals surface area (Å²) in [5.74, 6) is -1.59. The monoisotopic (exact) mass is 392 g/mol. The number of thioether (sulfide) groups is 1. The second-order valence-electron chi connectivity index (χ2n) is 5.34. The van der Waals surface area contributed by atoms with E-state index in [4.69, 9.17) is 22.1 Å². The molecule has 2 amide bonds. The first-order chi connectivity index (χ1) is 12.4. The number of rotatable bonds is 7.